The van der Waals surface area contributed by atoms with Crippen molar-refractivity contribution in [1.29, 1.82) is 0 Å². The van der Waals surface area contributed by atoms with Crippen LogP contribution in [0.15, 0.2) is 36.7 Å². The van der Waals surface area contributed by atoms with E-state index in [0.29, 0.717) is 60.1 Å². The van der Waals surface area contributed by atoms with Crippen LogP contribution in [-0.2, 0) is 4.74 Å². The predicted octanol–water partition coefficient (Wildman–Crippen LogP) is 3.28. The highest BCUT2D eigenvalue weighted by molar-refractivity contribution is 6.31. The Morgan fingerprint density at radius 2 is 2.14 bits per heavy atom. The monoisotopic (exact) mass is 503 g/mol. The molecule has 0 radical (unpaired) electrons. The molecule has 0 unspecified atom stereocenters. The Morgan fingerprint density at radius 3 is 2.83 bits per heavy atom. The van der Waals surface area contributed by atoms with Crippen LogP contribution in [0.5, 0.6) is 5.75 Å². The summed E-state index contributed by atoms with van der Waals surface area (Å²) in [6.07, 6.45) is 1.96. The van der Waals surface area contributed by atoms with E-state index in [1.807, 2.05) is 19.0 Å². The summed E-state index contributed by atoms with van der Waals surface area (Å²) in [7, 11) is 3.86. The molecule has 0 bridgehead atoms. The number of benzene rings is 2. The van der Waals surface area contributed by atoms with Crippen molar-refractivity contribution in [3.05, 3.63) is 47.5 Å². The number of urea groups is 1. The number of amides is 2. The molecule has 1 aliphatic heterocycles. The van der Waals surface area contributed by atoms with Crippen molar-refractivity contribution in [3.8, 4) is 5.75 Å². The third-order valence-corrected chi connectivity index (χ3v) is 5.66. The van der Waals surface area contributed by atoms with Crippen LogP contribution in [0.25, 0.3) is 10.9 Å². The predicted molar refractivity (Wildman–Crippen MR) is 133 cm³/mol. The fourth-order valence-corrected chi connectivity index (χ4v) is 3.78. The average molecular weight is 504 g/mol. The Balaban J connectivity index is 1.76. The van der Waals surface area contributed by atoms with E-state index < -0.39 is 11.8 Å². The number of nitrogens with zero attached hydrogens (tertiary/aromatic N) is 4. The average Bonchev–Trinajstić information content (AvgIpc) is 3.32. The molecule has 186 valence electrons. The number of halogens is 2. The van der Waals surface area contributed by atoms with Crippen LogP contribution >= 0.6 is 11.6 Å². The fourth-order valence-electron chi connectivity index (χ4n) is 3.60. The highest BCUT2D eigenvalue weighted by atomic mass is 35.5. The summed E-state index contributed by atoms with van der Waals surface area (Å²) in [5.74, 6) is 0.344. The second-order valence-electron chi connectivity index (χ2n) is 8.30. The zero-order valence-electron chi connectivity index (χ0n) is 19.4. The molecule has 1 fully saturated rings. The lowest BCUT2D eigenvalue weighted by Crippen LogP contribution is -2.48. The van der Waals surface area contributed by atoms with Gasteiger partial charge in [-0.3, -0.25) is 0 Å². The molecule has 3 aromatic rings. The number of nitrogens with two attached hydrogens (primary N) is 1. The van der Waals surface area contributed by atoms with Crippen molar-refractivity contribution in [2.45, 2.75) is 12.5 Å². The van der Waals surface area contributed by atoms with Gasteiger partial charge in [0.25, 0.3) is 0 Å². The smallest absolute Gasteiger partial charge is 0.334 e. The molecule has 12 heteroatoms. The number of aromatic nitrogens is 2. The first-order chi connectivity index (χ1) is 16.8. The zero-order valence-corrected chi connectivity index (χ0v) is 20.2. The quantitative estimate of drug-likeness (QED) is 0.381. The third-order valence-electron chi connectivity index (χ3n) is 5.37. The molecule has 1 saturated heterocycles. The summed E-state index contributed by atoms with van der Waals surface area (Å²) in [5, 5.41) is 4.96. The third kappa shape index (κ3) is 6.06. The van der Waals surface area contributed by atoms with Crippen LogP contribution in [0.3, 0.4) is 0 Å². The zero-order chi connectivity index (χ0) is 24.9. The van der Waals surface area contributed by atoms with Crippen molar-refractivity contribution in [2.75, 3.05) is 50.7 Å². The van der Waals surface area contributed by atoms with Crippen molar-refractivity contribution < 1.29 is 18.7 Å². The first-order valence-electron chi connectivity index (χ1n) is 11.0. The number of carbonyl (C=O) groups excluding carboxylic acids is 1. The van der Waals surface area contributed by atoms with Gasteiger partial charge >= 0.3 is 6.03 Å². The normalized spacial score (nSPS) is 15.5. The molecule has 4 rings (SSSR count). The van der Waals surface area contributed by atoms with Crippen LogP contribution in [-0.4, -0.2) is 67.4 Å². The van der Waals surface area contributed by atoms with Gasteiger partial charge in [0.1, 0.15) is 35.5 Å². The van der Waals surface area contributed by atoms with Crippen LogP contribution in [0.1, 0.15) is 6.42 Å². The van der Waals surface area contributed by atoms with Crippen LogP contribution in [0.4, 0.5) is 26.4 Å². The highest BCUT2D eigenvalue weighted by Crippen LogP contribution is 2.36. The maximum atomic E-state index is 13.6. The number of hydrazine groups is 1. The van der Waals surface area contributed by atoms with E-state index >= 15 is 0 Å². The largest absolute Gasteiger partial charge is 0.486 e. The molecule has 0 spiro atoms. The maximum Gasteiger partial charge on any atom is 0.334 e. The molecule has 2 heterocycles. The van der Waals surface area contributed by atoms with E-state index in [-0.39, 0.29) is 11.1 Å². The summed E-state index contributed by atoms with van der Waals surface area (Å²) in [4.78, 5) is 23.1. The summed E-state index contributed by atoms with van der Waals surface area (Å²) < 4.78 is 25.2. The number of primary amides is 1. The Hall–Kier alpha value is -3.25. The number of fused-ring (bicyclic) bond motifs is 1. The molecule has 10 nitrogen and oxygen atoms in total. The van der Waals surface area contributed by atoms with Crippen LogP contribution in [0, 0.1) is 5.82 Å². The standard InChI is InChI=1S/C23H27ClFN7O3/c1-31(2)7-6-29-32(23(26)33)20-10-16-19(11-21(20)35-15-5-8-34-12-15)27-13-28-22(16)30-14-3-4-18(25)17(24)9-14/h3-4,9-11,13,15,29H,5-8,12H2,1-2H3,(H2,26,33)(H,27,28,30)/t15-/m0/s1. The van der Waals surface area contributed by atoms with Crippen molar-refractivity contribution in [3.63, 3.8) is 0 Å². The minimum Gasteiger partial charge on any atom is -0.486 e. The fraction of sp³-hybridized carbons (Fsp3) is 0.348. The Labute approximate surface area is 207 Å². The second-order valence-corrected chi connectivity index (χ2v) is 8.71. The number of carbonyl (C=O) groups is 1. The molecule has 1 atom stereocenters. The van der Waals surface area contributed by atoms with E-state index in [2.05, 4.69) is 20.7 Å². The molecule has 1 aliphatic rings. The van der Waals surface area contributed by atoms with Crippen molar-refractivity contribution in [1.82, 2.24) is 20.3 Å². The number of rotatable bonds is 9. The Bertz CT molecular complexity index is 1210. The maximum absolute atomic E-state index is 13.6. The van der Waals surface area contributed by atoms with Gasteiger partial charge in [-0.1, -0.05) is 11.6 Å². The first-order valence-corrected chi connectivity index (χ1v) is 11.4. The lowest BCUT2D eigenvalue weighted by Gasteiger charge is -2.26. The second kappa shape index (κ2) is 11.0. The van der Waals surface area contributed by atoms with Crippen LogP contribution in [0.2, 0.25) is 5.02 Å². The molecule has 0 saturated carbocycles. The van der Waals surface area contributed by atoms with Gasteiger partial charge in [-0.2, -0.15) is 0 Å². The number of anilines is 3. The van der Waals surface area contributed by atoms with Gasteiger partial charge in [0.05, 0.1) is 23.8 Å². The molecule has 1 aromatic heterocycles. The minimum absolute atomic E-state index is 0.0199. The minimum atomic E-state index is -0.702. The number of hydrogen-bond acceptors (Lipinski definition) is 8. The van der Waals surface area contributed by atoms with Crippen molar-refractivity contribution in [2.24, 2.45) is 5.73 Å². The van der Waals surface area contributed by atoms with Crippen molar-refractivity contribution >= 4 is 45.7 Å². The molecular weight excluding hydrogens is 477 g/mol. The van der Waals surface area contributed by atoms with Gasteiger partial charge in [0.2, 0.25) is 0 Å². The highest BCUT2D eigenvalue weighted by Gasteiger charge is 2.24. The van der Waals surface area contributed by atoms with E-state index in [9.17, 15) is 9.18 Å². The van der Waals surface area contributed by atoms with E-state index in [1.165, 1.54) is 23.5 Å². The molecule has 4 N–H and O–H groups in total. The van der Waals surface area contributed by atoms with E-state index in [4.69, 9.17) is 26.8 Å². The summed E-state index contributed by atoms with van der Waals surface area (Å²) in [6.45, 7) is 2.18. The molecular formula is C23H27ClFN7O3. The molecule has 2 aromatic carbocycles. The number of ether oxygens (including phenoxy) is 2. The van der Waals surface area contributed by atoms with Crippen LogP contribution < -0.4 is 26.2 Å². The van der Waals surface area contributed by atoms with Gasteiger partial charge in [-0.05, 0) is 38.4 Å². The number of hydrogen-bond donors (Lipinski definition) is 3. The Kier molecular flexibility index (Phi) is 7.81. The van der Waals surface area contributed by atoms with E-state index in [0.717, 1.165) is 6.42 Å². The SMILES string of the molecule is CN(C)CCNN(C(N)=O)c1cc2c(Nc3ccc(F)c(Cl)c3)ncnc2cc1O[C@H]1CCOC1. The lowest BCUT2D eigenvalue weighted by molar-refractivity contribution is 0.141. The molecule has 35 heavy (non-hydrogen) atoms. The molecule has 2 amide bonds. The van der Waals surface area contributed by atoms with Gasteiger partial charge in [-0.15, -0.1) is 0 Å². The summed E-state index contributed by atoms with van der Waals surface area (Å²) >= 11 is 5.93. The molecule has 0 aliphatic carbocycles. The van der Waals surface area contributed by atoms with Gasteiger partial charge in [-0.25, -0.2) is 29.6 Å². The summed E-state index contributed by atoms with van der Waals surface area (Å²) in [6, 6.07) is 7.03. The first kappa shape index (κ1) is 24.9. The topological polar surface area (TPSA) is 118 Å². The number of likely N-dealkylation sites (N-methyl/N-ethyl adjacent to an activating group) is 1. The van der Waals surface area contributed by atoms with Gasteiger partial charge < -0.3 is 25.4 Å². The lowest BCUT2D eigenvalue weighted by atomic mass is 10.1. The van der Waals surface area contributed by atoms with Gasteiger partial charge in [0, 0.05) is 36.7 Å². The number of nitrogens with one attached hydrogen (secondary N) is 2. The summed E-state index contributed by atoms with van der Waals surface area (Å²) in [5.41, 5.74) is 10.3. The Morgan fingerprint density at radius 1 is 1.31 bits per heavy atom. The van der Waals surface area contributed by atoms with Gasteiger partial charge in [0.15, 0.2) is 0 Å². The van der Waals surface area contributed by atoms with E-state index in [1.54, 1.807) is 18.2 Å².